The molecule has 0 amide bonds. The molecule has 13 heavy (non-hydrogen) atoms. The topological polar surface area (TPSA) is 0 Å². The second-order valence-corrected chi connectivity index (χ2v) is 2.92. The Labute approximate surface area is 104 Å². The van der Waals surface area contributed by atoms with Crippen LogP contribution in [0.5, 0.6) is 0 Å². The predicted octanol–water partition coefficient (Wildman–Crippen LogP) is -0.165. The number of benzene rings is 1. The number of aryl methyl sites for hydroxylation is 1. The molecule has 0 unspecified atom stereocenters. The van der Waals surface area contributed by atoms with Gasteiger partial charge in [-0.3, -0.25) is 0 Å². The fourth-order valence-corrected chi connectivity index (χ4v) is 1.09. The van der Waals surface area contributed by atoms with Crippen LogP contribution >= 0.6 is 0 Å². The van der Waals surface area contributed by atoms with E-state index in [1.165, 1.54) is 24.8 Å². The summed E-state index contributed by atoms with van der Waals surface area (Å²) >= 11 is 0. The van der Waals surface area contributed by atoms with Crippen LogP contribution in [0.15, 0.2) is 24.3 Å². The molecule has 0 aliphatic rings. The molecule has 68 valence electrons. The van der Waals surface area contributed by atoms with Crippen molar-refractivity contribution in [1.82, 2.24) is 0 Å². The van der Waals surface area contributed by atoms with Gasteiger partial charge in [0.05, 0.1) is 0 Å². The fourth-order valence-electron chi connectivity index (χ4n) is 1.09. The molecule has 1 aromatic carbocycles. The smallest absolute Gasteiger partial charge is 1.00 e. The Bertz CT molecular complexity index is 206. The van der Waals surface area contributed by atoms with Crippen molar-refractivity contribution in [2.45, 2.75) is 26.2 Å². The number of halogens is 1. The molecule has 0 atom stereocenters. The Morgan fingerprint density at radius 1 is 1.15 bits per heavy atom. The molecule has 0 saturated carbocycles. The summed E-state index contributed by atoms with van der Waals surface area (Å²) in [6, 6.07) is 8.48. The predicted molar refractivity (Wildman–Crippen MR) is 55.3 cm³/mol. The summed E-state index contributed by atoms with van der Waals surface area (Å²) in [4.78, 5) is 0. The fraction of sp³-hybridized carbons (Fsp3) is 0.364. The van der Waals surface area contributed by atoms with Gasteiger partial charge in [0.15, 0.2) is 0 Å². The average Bonchev–Trinajstić information content (AvgIpc) is 2.04. The number of hydrogen-bond acceptors (Lipinski definition) is 0. The van der Waals surface area contributed by atoms with Crippen LogP contribution < -0.4 is 12.4 Å². The van der Waals surface area contributed by atoms with E-state index in [1.807, 2.05) is 0 Å². The quantitative estimate of drug-likeness (QED) is 0.477. The Morgan fingerprint density at radius 3 is 2.15 bits per heavy atom. The molecule has 0 radical (unpaired) electrons. The first-order chi connectivity index (χ1) is 5.33. The standard InChI is InChI=1S/C11H15.ClH.Mg/c1-3-4-5-11-8-6-10(2)7-9-11;;/h6-9H,2-5H2,1H3;1H;/q-1;;+2/p-1. The Hall–Kier alpha value is 0.146. The maximum absolute atomic E-state index is 3.84. The molecule has 0 aromatic heterocycles. The third-order valence-electron chi connectivity index (χ3n) is 1.84. The summed E-state index contributed by atoms with van der Waals surface area (Å²) in [5.41, 5.74) is 2.53. The van der Waals surface area contributed by atoms with Crippen LogP contribution in [-0.2, 0) is 6.42 Å². The maximum atomic E-state index is 3.84. The van der Waals surface area contributed by atoms with E-state index < -0.39 is 0 Å². The van der Waals surface area contributed by atoms with Crippen molar-refractivity contribution in [3.63, 3.8) is 0 Å². The van der Waals surface area contributed by atoms with E-state index in [0.29, 0.717) is 0 Å². The first kappa shape index (κ1) is 15.6. The van der Waals surface area contributed by atoms with Gasteiger partial charge in [0.25, 0.3) is 0 Å². The molecule has 0 saturated heterocycles. The average molecular weight is 207 g/mol. The summed E-state index contributed by atoms with van der Waals surface area (Å²) in [6.45, 7) is 6.06. The van der Waals surface area contributed by atoms with E-state index >= 15 is 0 Å². The van der Waals surface area contributed by atoms with Crippen molar-refractivity contribution < 1.29 is 12.4 Å². The summed E-state index contributed by atoms with van der Waals surface area (Å²) in [6.07, 6.45) is 3.76. The van der Waals surface area contributed by atoms with Crippen LogP contribution in [0, 0.1) is 6.92 Å². The van der Waals surface area contributed by atoms with Gasteiger partial charge in [-0.15, -0.1) is 12.1 Å². The molecule has 0 spiro atoms. The van der Waals surface area contributed by atoms with Crippen molar-refractivity contribution in [2.75, 3.05) is 0 Å². The minimum atomic E-state index is 0. The summed E-state index contributed by atoms with van der Waals surface area (Å²) in [7, 11) is 0. The normalized spacial score (nSPS) is 8.38. The Balaban J connectivity index is 0. The van der Waals surface area contributed by atoms with Gasteiger partial charge in [0.2, 0.25) is 0 Å². The van der Waals surface area contributed by atoms with Crippen molar-refractivity contribution in [2.24, 2.45) is 0 Å². The van der Waals surface area contributed by atoms with Gasteiger partial charge in [-0.25, -0.2) is 0 Å². The minimum absolute atomic E-state index is 0. The van der Waals surface area contributed by atoms with Crippen LogP contribution in [0.25, 0.3) is 0 Å². The molecule has 0 nitrogen and oxygen atoms in total. The van der Waals surface area contributed by atoms with Gasteiger partial charge in [0.1, 0.15) is 0 Å². The third-order valence-corrected chi connectivity index (χ3v) is 1.84. The van der Waals surface area contributed by atoms with E-state index in [4.69, 9.17) is 0 Å². The van der Waals surface area contributed by atoms with Gasteiger partial charge in [-0.05, 0) is 12.8 Å². The molecular formula is C11H15ClMg. The van der Waals surface area contributed by atoms with Crippen molar-refractivity contribution in [3.8, 4) is 0 Å². The molecular weight excluding hydrogens is 192 g/mol. The zero-order valence-electron chi connectivity index (χ0n) is 8.22. The second kappa shape index (κ2) is 8.73. The molecule has 1 aromatic rings. The largest absolute Gasteiger partial charge is 2.00 e. The Kier molecular flexibility index (Phi) is 10.5. The van der Waals surface area contributed by atoms with Crippen molar-refractivity contribution in [1.29, 1.82) is 0 Å². The second-order valence-electron chi connectivity index (χ2n) is 2.92. The molecule has 0 N–H and O–H groups in total. The summed E-state index contributed by atoms with van der Waals surface area (Å²) < 4.78 is 0. The monoisotopic (exact) mass is 206 g/mol. The van der Waals surface area contributed by atoms with Gasteiger partial charge in [-0.2, -0.15) is 24.6 Å². The van der Waals surface area contributed by atoms with Crippen LogP contribution in [0.2, 0.25) is 0 Å². The van der Waals surface area contributed by atoms with Crippen LogP contribution in [0.1, 0.15) is 30.9 Å². The van der Waals surface area contributed by atoms with E-state index in [2.05, 4.69) is 38.1 Å². The van der Waals surface area contributed by atoms with Gasteiger partial charge in [0, 0.05) is 0 Å². The zero-order chi connectivity index (χ0) is 8.10. The number of unbranched alkanes of at least 4 members (excludes halogenated alkanes) is 1. The molecule has 1 rings (SSSR count). The first-order valence-electron chi connectivity index (χ1n) is 4.24. The Morgan fingerprint density at radius 2 is 1.69 bits per heavy atom. The van der Waals surface area contributed by atoms with Crippen molar-refractivity contribution in [3.05, 3.63) is 42.3 Å². The van der Waals surface area contributed by atoms with Gasteiger partial charge in [-0.1, -0.05) is 18.9 Å². The summed E-state index contributed by atoms with van der Waals surface area (Å²) in [5, 5.41) is 0. The van der Waals surface area contributed by atoms with E-state index in [1.54, 1.807) is 0 Å². The van der Waals surface area contributed by atoms with Gasteiger partial charge >= 0.3 is 23.1 Å². The van der Waals surface area contributed by atoms with Crippen LogP contribution in [0.3, 0.4) is 0 Å². The molecule has 0 aliphatic carbocycles. The number of rotatable bonds is 3. The van der Waals surface area contributed by atoms with E-state index in [-0.39, 0.29) is 35.5 Å². The molecule has 0 bridgehead atoms. The number of hydrogen-bond donors (Lipinski definition) is 0. The van der Waals surface area contributed by atoms with Crippen LogP contribution in [0.4, 0.5) is 0 Å². The zero-order valence-corrected chi connectivity index (χ0v) is 10.4. The van der Waals surface area contributed by atoms with Gasteiger partial charge < -0.3 is 12.4 Å². The van der Waals surface area contributed by atoms with Crippen molar-refractivity contribution >= 4 is 23.1 Å². The molecule has 2 heteroatoms. The molecule has 0 heterocycles. The molecule has 0 fully saturated rings. The maximum Gasteiger partial charge on any atom is 2.00 e. The minimum Gasteiger partial charge on any atom is -1.00 e. The summed E-state index contributed by atoms with van der Waals surface area (Å²) in [5.74, 6) is 0. The SMILES string of the molecule is [CH2-]c1ccc(CCCC)cc1.[Cl-].[Mg+2]. The molecule has 0 aliphatic heterocycles. The van der Waals surface area contributed by atoms with Crippen LogP contribution in [-0.4, -0.2) is 23.1 Å². The van der Waals surface area contributed by atoms with E-state index in [9.17, 15) is 0 Å². The third kappa shape index (κ3) is 6.25. The first-order valence-corrected chi connectivity index (χ1v) is 4.24. The van der Waals surface area contributed by atoms with E-state index in [0.717, 1.165) is 5.56 Å².